The molecule has 0 aliphatic carbocycles. The second kappa shape index (κ2) is 9.11. The van der Waals surface area contributed by atoms with Gasteiger partial charge in [0.05, 0.1) is 6.61 Å². The Balaban J connectivity index is 3.44. The molecule has 0 fully saturated rings. The Kier molecular flexibility index (Phi) is 8.46. The molecule has 0 saturated carbocycles. The average Bonchev–Trinajstić information content (AvgIpc) is 2.24. The van der Waals surface area contributed by atoms with Gasteiger partial charge in [0.25, 0.3) is 0 Å². The number of amides is 2. The highest BCUT2D eigenvalue weighted by atomic mass is 16.3. The predicted molar refractivity (Wildman–Crippen MR) is 60.6 cm³/mol. The van der Waals surface area contributed by atoms with E-state index in [2.05, 4.69) is 10.6 Å². The summed E-state index contributed by atoms with van der Waals surface area (Å²) in [4.78, 5) is 21.8. The standard InChI is InChI=1S/C10H21N3O3/c1-12-8(7-14)10(16)13-6-4-2-3-5-9(11)15/h8,12,14H,2-7H2,1H3,(H2,11,15)(H,13,16). The molecule has 0 aromatic rings. The maximum atomic E-state index is 11.3. The first kappa shape index (κ1) is 14.9. The van der Waals surface area contributed by atoms with Crippen LogP contribution in [0, 0.1) is 0 Å². The van der Waals surface area contributed by atoms with Crippen molar-refractivity contribution in [2.45, 2.75) is 31.7 Å². The van der Waals surface area contributed by atoms with E-state index in [1.807, 2.05) is 0 Å². The molecule has 1 atom stereocenters. The number of carbonyl (C=O) groups is 2. The largest absolute Gasteiger partial charge is 0.394 e. The molecular weight excluding hydrogens is 210 g/mol. The number of rotatable bonds is 9. The molecule has 94 valence electrons. The Hall–Kier alpha value is -1.14. The zero-order valence-corrected chi connectivity index (χ0v) is 9.66. The zero-order chi connectivity index (χ0) is 12.4. The zero-order valence-electron chi connectivity index (χ0n) is 9.66. The van der Waals surface area contributed by atoms with E-state index in [0.29, 0.717) is 13.0 Å². The van der Waals surface area contributed by atoms with E-state index in [9.17, 15) is 9.59 Å². The highest BCUT2D eigenvalue weighted by Gasteiger charge is 2.13. The van der Waals surface area contributed by atoms with E-state index in [0.717, 1.165) is 19.3 Å². The van der Waals surface area contributed by atoms with Crippen LogP contribution in [0.25, 0.3) is 0 Å². The minimum atomic E-state index is -0.550. The van der Waals surface area contributed by atoms with Gasteiger partial charge in [-0.3, -0.25) is 9.59 Å². The molecule has 2 amide bonds. The van der Waals surface area contributed by atoms with Crippen molar-refractivity contribution in [1.82, 2.24) is 10.6 Å². The van der Waals surface area contributed by atoms with Gasteiger partial charge in [0.1, 0.15) is 6.04 Å². The first-order chi connectivity index (χ1) is 7.61. The third kappa shape index (κ3) is 7.19. The van der Waals surface area contributed by atoms with Gasteiger partial charge in [0.2, 0.25) is 11.8 Å². The lowest BCUT2D eigenvalue weighted by molar-refractivity contribution is -0.124. The number of nitrogens with two attached hydrogens (primary N) is 1. The molecule has 0 radical (unpaired) electrons. The number of likely N-dealkylation sites (N-methyl/N-ethyl adjacent to an activating group) is 1. The van der Waals surface area contributed by atoms with Crippen LogP contribution in [0.1, 0.15) is 25.7 Å². The molecule has 5 N–H and O–H groups in total. The van der Waals surface area contributed by atoms with Gasteiger partial charge >= 0.3 is 0 Å². The number of primary amides is 1. The van der Waals surface area contributed by atoms with Crippen LogP contribution in [0.3, 0.4) is 0 Å². The third-order valence-electron chi connectivity index (χ3n) is 2.25. The maximum Gasteiger partial charge on any atom is 0.239 e. The second-order valence-corrected chi connectivity index (χ2v) is 3.59. The number of aliphatic hydroxyl groups excluding tert-OH is 1. The average molecular weight is 231 g/mol. The molecule has 0 aliphatic heterocycles. The summed E-state index contributed by atoms with van der Waals surface area (Å²) in [5, 5.41) is 14.2. The Morgan fingerprint density at radius 3 is 2.50 bits per heavy atom. The minimum absolute atomic E-state index is 0.208. The molecule has 0 aliphatic rings. The summed E-state index contributed by atoms with van der Waals surface area (Å²) < 4.78 is 0. The van der Waals surface area contributed by atoms with Crippen molar-refractivity contribution in [1.29, 1.82) is 0 Å². The van der Waals surface area contributed by atoms with Crippen LogP contribution in [0.4, 0.5) is 0 Å². The van der Waals surface area contributed by atoms with Crippen LogP contribution in [0.15, 0.2) is 0 Å². The fourth-order valence-electron chi connectivity index (χ4n) is 1.24. The summed E-state index contributed by atoms with van der Waals surface area (Å²) in [6.45, 7) is 0.333. The number of hydrogen-bond acceptors (Lipinski definition) is 4. The maximum absolute atomic E-state index is 11.3. The summed E-state index contributed by atoms with van der Waals surface area (Å²) in [5.41, 5.74) is 4.99. The van der Waals surface area contributed by atoms with Gasteiger partial charge in [-0.05, 0) is 19.9 Å². The van der Waals surface area contributed by atoms with Crippen LogP contribution in [-0.4, -0.2) is 43.2 Å². The summed E-state index contributed by atoms with van der Waals surface area (Å²) in [6, 6.07) is -0.550. The SMILES string of the molecule is CNC(CO)C(=O)NCCCCCC(N)=O. The third-order valence-corrected chi connectivity index (χ3v) is 2.25. The first-order valence-corrected chi connectivity index (χ1v) is 5.46. The summed E-state index contributed by atoms with van der Waals surface area (Å²) in [7, 11) is 1.62. The molecule has 0 aromatic heterocycles. The van der Waals surface area contributed by atoms with Gasteiger partial charge in [-0.2, -0.15) is 0 Å². The van der Waals surface area contributed by atoms with Crippen molar-refractivity contribution in [2.24, 2.45) is 5.73 Å². The molecule has 0 heterocycles. The van der Waals surface area contributed by atoms with Crippen molar-refractivity contribution >= 4 is 11.8 Å². The van der Waals surface area contributed by atoms with Crippen LogP contribution in [0.2, 0.25) is 0 Å². The Morgan fingerprint density at radius 1 is 1.31 bits per heavy atom. The molecule has 0 spiro atoms. The Labute approximate surface area is 95.6 Å². The van der Waals surface area contributed by atoms with E-state index < -0.39 is 6.04 Å². The van der Waals surface area contributed by atoms with Crippen molar-refractivity contribution in [3.05, 3.63) is 0 Å². The molecule has 1 unspecified atom stereocenters. The molecule has 0 rings (SSSR count). The van der Waals surface area contributed by atoms with Gasteiger partial charge in [0.15, 0.2) is 0 Å². The van der Waals surface area contributed by atoms with Gasteiger partial charge in [-0.15, -0.1) is 0 Å². The lowest BCUT2D eigenvalue weighted by atomic mass is 10.2. The predicted octanol–water partition coefficient (Wildman–Crippen LogP) is -1.27. The van der Waals surface area contributed by atoms with Gasteiger partial charge < -0.3 is 21.5 Å². The lowest BCUT2D eigenvalue weighted by Gasteiger charge is -2.12. The fourth-order valence-corrected chi connectivity index (χ4v) is 1.24. The van der Waals surface area contributed by atoms with E-state index in [4.69, 9.17) is 10.8 Å². The molecule has 0 bridgehead atoms. The Bertz CT molecular complexity index is 217. The molecule has 6 nitrogen and oxygen atoms in total. The number of nitrogens with one attached hydrogen (secondary N) is 2. The van der Waals surface area contributed by atoms with Crippen LogP contribution in [-0.2, 0) is 9.59 Å². The minimum Gasteiger partial charge on any atom is -0.394 e. The molecule has 6 heteroatoms. The molecule has 0 aromatic carbocycles. The van der Waals surface area contributed by atoms with Crippen LogP contribution >= 0.6 is 0 Å². The lowest BCUT2D eigenvalue weighted by Crippen LogP contribution is -2.45. The smallest absolute Gasteiger partial charge is 0.239 e. The first-order valence-electron chi connectivity index (χ1n) is 5.46. The highest BCUT2D eigenvalue weighted by Crippen LogP contribution is 1.97. The van der Waals surface area contributed by atoms with E-state index in [1.54, 1.807) is 7.05 Å². The van der Waals surface area contributed by atoms with E-state index >= 15 is 0 Å². The number of hydrogen-bond donors (Lipinski definition) is 4. The van der Waals surface area contributed by atoms with Crippen molar-refractivity contribution in [2.75, 3.05) is 20.2 Å². The van der Waals surface area contributed by atoms with Crippen molar-refractivity contribution in [3.63, 3.8) is 0 Å². The summed E-state index contributed by atoms with van der Waals surface area (Å²) >= 11 is 0. The highest BCUT2D eigenvalue weighted by molar-refractivity contribution is 5.81. The number of unbranched alkanes of at least 4 members (excludes halogenated alkanes) is 2. The molecular formula is C10H21N3O3. The Morgan fingerprint density at radius 2 is 2.00 bits per heavy atom. The monoisotopic (exact) mass is 231 g/mol. The van der Waals surface area contributed by atoms with E-state index in [1.165, 1.54) is 0 Å². The van der Waals surface area contributed by atoms with Crippen LogP contribution in [0.5, 0.6) is 0 Å². The number of aliphatic hydroxyl groups is 1. The van der Waals surface area contributed by atoms with Crippen molar-refractivity contribution < 1.29 is 14.7 Å². The van der Waals surface area contributed by atoms with Gasteiger partial charge in [-0.1, -0.05) is 6.42 Å². The van der Waals surface area contributed by atoms with Crippen LogP contribution < -0.4 is 16.4 Å². The second-order valence-electron chi connectivity index (χ2n) is 3.59. The van der Waals surface area contributed by atoms with Gasteiger partial charge in [0, 0.05) is 13.0 Å². The quantitative estimate of drug-likeness (QED) is 0.371. The summed E-state index contributed by atoms with van der Waals surface area (Å²) in [5.74, 6) is -0.500. The molecule has 0 saturated heterocycles. The van der Waals surface area contributed by atoms with Gasteiger partial charge in [-0.25, -0.2) is 0 Å². The topological polar surface area (TPSA) is 104 Å². The molecule has 16 heavy (non-hydrogen) atoms. The van der Waals surface area contributed by atoms with E-state index in [-0.39, 0.29) is 18.4 Å². The summed E-state index contributed by atoms with van der Waals surface area (Å²) in [6.07, 6.45) is 2.80. The number of carbonyl (C=O) groups excluding carboxylic acids is 2. The fraction of sp³-hybridized carbons (Fsp3) is 0.800. The van der Waals surface area contributed by atoms with Crippen molar-refractivity contribution in [3.8, 4) is 0 Å². The normalized spacial score (nSPS) is 12.1.